The van der Waals surface area contributed by atoms with E-state index in [1.54, 1.807) is 0 Å². The van der Waals surface area contributed by atoms with Gasteiger partial charge < -0.3 is 0 Å². The maximum Gasteiger partial charge on any atom is 0.235 e. The molecule has 0 aliphatic heterocycles. The molecule has 0 aliphatic rings. The Bertz CT molecular complexity index is 3140. The molecular weight excluding hydrogens is 611 g/mol. The van der Waals surface area contributed by atoms with E-state index >= 15 is 0 Å². The van der Waals surface area contributed by atoms with Crippen LogP contribution in [0.1, 0.15) is 0 Å². The molecule has 4 heterocycles. The van der Waals surface area contributed by atoms with Crippen molar-refractivity contribution < 1.29 is 0 Å². The molecule has 0 N–H and O–H groups in total. The molecule has 11 rings (SSSR count). The largest absolute Gasteiger partial charge is 0.292 e. The summed E-state index contributed by atoms with van der Waals surface area (Å²) >= 11 is 0. The van der Waals surface area contributed by atoms with E-state index in [1.807, 2.05) is 12.1 Å². The van der Waals surface area contributed by atoms with Crippen molar-refractivity contribution in [1.29, 1.82) is 0 Å². The number of imidazole rings is 1. The van der Waals surface area contributed by atoms with Gasteiger partial charge in [0.05, 0.1) is 38.8 Å². The zero-order valence-electron chi connectivity index (χ0n) is 26.8. The molecule has 0 saturated heterocycles. The van der Waals surface area contributed by atoms with Crippen LogP contribution in [0.15, 0.2) is 164 Å². The second kappa shape index (κ2) is 10.3. The molecule has 0 amide bonds. The van der Waals surface area contributed by atoms with Crippen molar-refractivity contribution in [2.75, 3.05) is 0 Å². The molecule has 7 aromatic carbocycles. The van der Waals surface area contributed by atoms with Gasteiger partial charge in [-0.1, -0.05) is 127 Å². The highest BCUT2D eigenvalue weighted by atomic mass is 15.2. The van der Waals surface area contributed by atoms with Gasteiger partial charge in [0.15, 0.2) is 0 Å². The van der Waals surface area contributed by atoms with Gasteiger partial charge in [0.1, 0.15) is 5.65 Å². The molecule has 0 spiro atoms. The third-order valence-electron chi connectivity index (χ3n) is 10.1. The van der Waals surface area contributed by atoms with E-state index in [-0.39, 0.29) is 0 Å². The third kappa shape index (κ3) is 3.86. The van der Waals surface area contributed by atoms with Gasteiger partial charge in [-0.05, 0) is 52.9 Å². The molecule has 0 saturated carbocycles. The molecule has 5 nitrogen and oxygen atoms in total. The predicted octanol–water partition coefficient (Wildman–Crippen LogP) is 11.2. The number of benzene rings is 7. The van der Waals surface area contributed by atoms with Crippen LogP contribution in [0.25, 0.3) is 99.4 Å². The second-order valence-electron chi connectivity index (χ2n) is 12.9. The number of hydrogen-bond donors (Lipinski definition) is 0. The normalized spacial score (nSPS) is 12.0. The van der Waals surface area contributed by atoms with Crippen LogP contribution in [0.5, 0.6) is 0 Å². The summed E-state index contributed by atoms with van der Waals surface area (Å²) in [6.07, 6.45) is 0. The minimum Gasteiger partial charge on any atom is -0.292 e. The Morgan fingerprint density at radius 3 is 1.76 bits per heavy atom. The Balaban J connectivity index is 1.23. The Kier molecular flexibility index (Phi) is 5.60. The fraction of sp³-hybridized carbons (Fsp3) is 0. The van der Waals surface area contributed by atoms with Crippen molar-refractivity contribution in [3.63, 3.8) is 0 Å². The van der Waals surface area contributed by atoms with Gasteiger partial charge in [-0.15, -0.1) is 0 Å². The Hall–Kier alpha value is -6.85. The molecule has 50 heavy (non-hydrogen) atoms. The second-order valence-corrected chi connectivity index (χ2v) is 12.9. The molecule has 0 atom stereocenters. The number of fused-ring (bicyclic) bond motifs is 12. The lowest BCUT2D eigenvalue weighted by atomic mass is 10.0. The quantitative estimate of drug-likeness (QED) is 0.181. The number of pyridine rings is 1. The minimum absolute atomic E-state index is 0.643. The highest BCUT2D eigenvalue weighted by Gasteiger charge is 2.20. The predicted molar refractivity (Wildman–Crippen MR) is 206 cm³/mol. The number of para-hydroxylation sites is 4. The first-order valence-corrected chi connectivity index (χ1v) is 16.9. The Morgan fingerprint density at radius 2 is 0.940 bits per heavy atom. The number of nitrogens with zero attached hydrogens (tertiary/aromatic N) is 5. The van der Waals surface area contributed by atoms with Crippen LogP contribution >= 0.6 is 0 Å². The van der Waals surface area contributed by atoms with Crippen molar-refractivity contribution in [2.45, 2.75) is 0 Å². The fourth-order valence-corrected chi connectivity index (χ4v) is 7.82. The van der Waals surface area contributed by atoms with E-state index in [0.717, 1.165) is 71.5 Å². The smallest absolute Gasteiger partial charge is 0.235 e. The van der Waals surface area contributed by atoms with Gasteiger partial charge in [0, 0.05) is 32.5 Å². The molecule has 232 valence electrons. The lowest BCUT2D eigenvalue weighted by molar-refractivity contribution is 1.01. The Labute approximate surface area is 286 Å². The van der Waals surface area contributed by atoms with Crippen LogP contribution in [0.3, 0.4) is 0 Å². The van der Waals surface area contributed by atoms with Crippen LogP contribution < -0.4 is 0 Å². The van der Waals surface area contributed by atoms with Gasteiger partial charge in [0.2, 0.25) is 5.95 Å². The van der Waals surface area contributed by atoms with Crippen molar-refractivity contribution in [3.8, 4) is 28.3 Å². The van der Waals surface area contributed by atoms with Gasteiger partial charge in [-0.25, -0.2) is 15.0 Å². The average molecular weight is 638 g/mol. The maximum absolute atomic E-state index is 5.38. The van der Waals surface area contributed by atoms with Crippen LogP contribution in [-0.2, 0) is 0 Å². The van der Waals surface area contributed by atoms with Crippen molar-refractivity contribution in [2.24, 2.45) is 0 Å². The SMILES string of the molecule is c1ccc(-c2ccc(-c3nc(-n4c5ccccc5c5cc6c7ccccc7c7nc8ccccc8n7c6cc54)nc4ccccc34)cc2)cc1. The molecule has 0 bridgehead atoms. The summed E-state index contributed by atoms with van der Waals surface area (Å²) in [7, 11) is 0. The zero-order valence-corrected chi connectivity index (χ0v) is 26.8. The van der Waals surface area contributed by atoms with Gasteiger partial charge in [0.25, 0.3) is 0 Å². The molecule has 4 aromatic heterocycles. The van der Waals surface area contributed by atoms with Crippen LogP contribution in [0.2, 0.25) is 0 Å². The van der Waals surface area contributed by atoms with Crippen LogP contribution in [0.4, 0.5) is 0 Å². The van der Waals surface area contributed by atoms with E-state index in [9.17, 15) is 0 Å². The maximum atomic E-state index is 5.38. The van der Waals surface area contributed by atoms with Crippen LogP contribution in [0, 0.1) is 0 Å². The number of hydrogen-bond acceptors (Lipinski definition) is 3. The van der Waals surface area contributed by atoms with E-state index in [0.29, 0.717) is 5.95 Å². The van der Waals surface area contributed by atoms with Crippen molar-refractivity contribution in [3.05, 3.63) is 164 Å². The number of aromatic nitrogens is 5. The summed E-state index contributed by atoms with van der Waals surface area (Å²) in [4.78, 5) is 15.7. The standard InChI is InChI=1S/C45H27N5/c1-2-12-28(13-3-1)29-22-24-30(25-23-29)43-34-17-6-8-18-37(34)47-45(48-43)50-39-20-10-7-15-32(39)36-26-35-31-14-4-5-16-33(31)44-46-38-19-9-11-21-40(38)49(44)41(35)27-42(36)50/h1-27H. The zero-order chi connectivity index (χ0) is 32.8. The first-order valence-electron chi connectivity index (χ1n) is 16.9. The summed E-state index contributed by atoms with van der Waals surface area (Å²) in [6.45, 7) is 0. The molecule has 0 fully saturated rings. The van der Waals surface area contributed by atoms with E-state index in [1.165, 1.54) is 21.9 Å². The summed E-state index contributed by atoms with van der Waals surface area (Å²) < 4.78 is 4.55. The van der Waals surface area contributed by atoms with Gasteiger partial charge >= 0.3 is 0 Å². The Morgan fingerprint density at radius 1 is 0.340 bits per heavy atom. The molecule has 0 radical (unpaired) electrons. The molecule has 5 heteroatoms. The van der Waals surface area contributed by atoms with Gasteiger partial charge in [-0.3, -0.25) is 8.97 Å². The summed E-state index contributed by atoms with van der Waals surface area (Å²) in [5.41, 5.74) is 11.5. The van der Waals surface area contributed by atoms with E-state index in [2.05, 4.69) is 161 Å². The van der Waals surface area contributed by atoms with E-state index < -0.39 is 0 Å². The van der Waals surface area contributed by atoms with Crippen molar-refractivity contribution >= 4 is 71.1 Å². The molecule has 11 aromatic rings. The van der Waals surface area contributed by atoms with Gasteiger partial charge in [-0.2, -0.15) is 0 Å². The summed E-state index contributed by atoms with van der Waals surface area (Å²) in [5, 5.41) is 6.85. The lowest BCUT2D eigenvalue weighted by Crippen LogP contribution is -2.03. The minimum atomic E-state index is 0.643. The highest BCUT2D eigenvalue weighted by molar-refractivity contribution is 6.20. The third-order valence-corrected chi connectivity index (χ3v) is 10.1. The van der Waals surface area contributed by atoms with Crippen LogP contribution in [-0.4, -0.2) is 23.9 Å². The van der Waals surface area contributed by atoms with E-state index in [4.69, 9.17) is 15.0 Å². The fourth-order valence-electron chi connectivity index (χ4n) is 7.82. The summed E-state index contributed by atoms with van der Waals surface area (Å²) in [6, 6.07) is 57.7. The summed E-state index contributed by atoms with van der Waals surface area (Å²) in [5.74, 6) is 0.643. The monoisotopic (exact) mass is 637 g/mol. The topological polar surface area (TPSA) is 48.0 Å². The highest BCUT2D eigenvalue weighted by Crippen LogP contribution is 2.39. The molecule has 0 unspecified atom stereocenters. The van der Waals surface area contributed by atoms with Crippen molar-refractivity contribution in [1.82, 2.24) is 23.9 Å². The number of rotatable bonds is 3. The first kappa shape index (κ1) is 27.1. The average Bonchev–Trinajstić information content (AvgIpc) is 3.74. The lowest BCUT2D eigenvalue weighted by Gasteiger charge is -2.13. The first-order chi connectivity index (χ1) is 24.8. The molecule has 0 aliphatic carbocycles. The molecular formula is C45H27N5.